The van der Waals surface area contributed by atoms with E-state index in [0.717, 1.165) is 16.9 Å². The number of rotatable bonds is 9. The lowest BCUT2D eigenvalue weighted by Gasteiger charge is -2.41. The molecule has 2 aromatic rings. The van der Waals surface area contributed by atoms with E-state index in [0.29, 0.717) is 19.8 Å². The molecule has 0 N–H and O–H groups in total. The zero-order chi connectivity index (χ0) is 21.7. The minimum absolute atomic E-state index is 0.112. The Morgan fingerprint density at radius 2 is 1.48 bits per heavy atom. The second-order valence-corrected chi connectivity index (χ2v) is 9.70. The van der Waals surface area contributed by atoms with E-state index >= 15 is 0 Å². The van der Waals surface area contributed by atoms with Crippen molar-refractivity contribution >= 4 is 11.8 Å². The Hall–Kier alpha value is -1.41. The van der Waals surface area contributed by atoms with Crippen molar-refractivity contribution in [2.24, 2.45) is 0 Å². The van der Waals surface area contributed by atoms with Gasteiger partial charge in [-0.05, 0) is 30.7 Å². The van der Waals surface area contributed by atoms with Gasteiger partial charge in [0.05, 0.1) is 19.8 Å². The van der Waals surface area contributed by atoms with E-state index in [-0.39, 0.29) is 29.9 Å². The lowest BCUT2D eigenvalue weighted by Crippen LogP contribution is -2.57. The Kier molecular flexibility index (Phi) is 7.69. The number of hydrogen-bond acceptors (Lipinski definition) is 6. The van der Waals surface area contributed by atoms with Crippen molar-refractivity contribution in [1.29, 1.82) is 0 Å². The van der Waals surface area contributed by atoms with E-state index in [9.17, 15) is 0 Å². The van der Waals surface area contributed by atoms with Crippen molar-refractivity contribution in [1.82, 2.24) is 0 Å². The van der Waals surface area contributed by atoms with E-state index in [1.807, 2.05) is 50.2 Å². The fraction of sp³-hybridized carbons (Fsp3) is 0.520. The molecule has 168 valence electrons. The molecule has 0 saturated carbocycles. The monoisotopic (exact) mass is 444 g/mol. The third-order valence-electron chi connectivity index (χ3n) is 5.44. The molecule has 2 fully saturated rings. The van der Waals surface area contributed by atoms with Crippen LogP contribution in [0.25, 0.3) is 0 Å². The molecule has 0 radical (unpaired) electrons. The second-order valence-electron chi connectivity index (χ2n) is 8.32. The summed E-state index contributed by atoms with van der Waals surface area (Å²) in [6, 6.07) is 20.3. The first-order valence-corrected chi connectivity index (χ1v) is 12.0. The van der Waals surface area contributed by atoms with Crippen LogP contribution in [0, 0.1) is 0 Å². The summed E-state index contributed by atoms with van der Waals surface area (Å²) in [4.78, 5) is 0. The molecule has 2 saturated heterocycles. The Balaban J connectivity index is 1.48. The molecule has 2 aliphatic rings. The topological polar surface area (TPSA) is 46.2 Å². The summed E-state index contributed by atoms with van der Waals surface area (Å²) >= 11 is 1.74. The summed E-state index contributed by atoms with van der Waals surface area (Å²) in [6.07, 6.45) is -0.903. The normalized spacial score (nSPS) is 29.6. The van der Waals surface area contributed by atoms with Gasteiger partial charge in [0.25, 0.3) is 0 Å². The zero-order valence-corrected chi connectivity index (χ0v) is 19.3. The van der Waals surface area contributed by atoms with Crippen LogP contribution in [0.4, 0.5) is 0 Å². The summed E-state index contributed by atoms with van der Waals surface area (Å²) in [5, 5.41) is 0. The van der Waals surface area contributed by atoms with Gasteiger partial charge in [0.2, 0.25) is 0 Å². The van der Waals surface area contributed by atoms with Crippen LogP contribution in [-0.4, -0.2) is 48.0 Å². The molecule has 2 aliphatic heterocycles. The molecular formula is C25H32O5S. The highest BCUT2D eigenvalue weighted by molar-refractivity contribution is 7.99. The van der Waals surface area contributed by atoms with Gasteiger partial charge in [-0.1, -0.05) is 67.6 Å². The van der Waals surface area contributed by atoms with Gasteiger partial charge in [0.15, 0.2) is 5.79 Å². The minimum Gasteiger partial charge on any atom is -0.374 e. The molecule has 0 amide bonds. The van der Waals surface area contributed by atoms with Crippen molar-refractivity contribution in [2.75, 3.05) is 12.4 Å². The quantitative estimate of drug-likeness (QED) is 0.554. The average molecular weight is 445 g/mol. The van der Waals surface area contributed by atoms with Gasteiger partial charge in [-0.15, -0.1) is 11.8 Å². The van der Waals surface area contributed by atoms with Crippen LogP contribution in [-0.2, 0) is 36.9 Å². The maximum atomic E-state index is 6.48. The summed E-state index contributed by atoms with van der Waals surface area (Å²) in [7, 11) is 0. The number of hydrogen-bond donors (Lipinski definition) is 0. The van der Waals surface area contributed by atoms with E-state index in [1.54, 1.807) is 11.8 Å². The van der Waals surface area contributed by atoms with Crippen molar-refractivity contribution in [3.05, 3.63) is 71.8 Å². The standard InChI is InChI=1S/C25H32O5S/c1-4-31-24-23-22(29-25(2,3)30-23)21(27-16-19-13-9-6-10-14-19)20(28-24)17-26-15-18-11-7-5-8-12-18/h5-14,20-24H,4,15-17H2,1-3H3/t20-,21-,22+,23+,24-/m1/s1. The van der Waals surface area contributed by atoms with Gasteiger partial charge in [-0.3, -0.25) is 0 Å². The van der Waals surface area contributed by atoms with Crippen LogP contribution in [0.1, 0.15) is 31.9 Å². The van der Waals surface area contributed by atoms with E-state index < -0.39 is 5.79 Å². The molecule has 2 aromatic carbocycles. The number of thioether (sulfide) groups is 1. The number of ether oxygens (including phenoxy) is 5. The fourth-order valence-electron chi connectivity index (χ4n) is 4.09. The maximum Gasteiger partial charge on any atom is 0.164 e. The first kappa shape index (κ1) is 22.8. The van der Waals surface area contributed by atoms with Crippen LogP contribution < -0.4 is 0 Å². The van der Waals surface area contributed by atoms with E-state index in [1.165, 1.54) is 0 Å². The van der Waals surface area contributed by atoms with Crippen LogP contribution in [0.3, 0.4) is 0 Å². The fourth-order valence-corrected chi connectivity index (χ4v) is 5.04. The molecule has 2 heterocycles. The Bertz CT molecular complexity index is 800. The summed E-state index contributed by atoms with van der Waals surface area (Å²) in [6.45, 7) is 7.49. The van der Waals surface area contributed by atoms with Gasteiger partial charge in [-0.2, -0.15) is 0 Å². The second kappa shape index (κ2) is 10.5. The van der Waals surface area contributed by atoms with Crippen LogP contribution in [0.2, 0.25) is 0 Å². The minimum atomic E-state index is -0.667. The predicted octanol–water partition coefficient (Wildman–Crippen LogP) is 4.79. The molecule has 5 atom stereocenters. The molecule has 31 heavy (non-hydrogen) atoms. The highest BCUT2D eigenvalue weighted by atomic mass is 32.2. The molecule has 0 aliphatic carbocycles. The average Bonchev–Trinajstić information content (AvgIpc) is 3.10. The van der Waals surface area contributed by atoms with E-state index in [2.05, 4.69) is 31.2 Å². The van der Waals surface area contributed by atoms with Gasteiger partial charge in [-0.25, -0.2) is 0 Å². The van der Waals surface area contributed by atoms with Gasteiger partial charge in [0.1, 0.15) is 29.9 Å². The third-order valence-corrected chi connectivity index (χ3v) is 6.48. The Morgan fingerprint density at radius 3 is 2.13 bits per heavy atom. The van der Waals surface area contributed by atoms with Crippen molar-refractivity contribution in [3.63, 3.8) is 0 Å². The van der Waals surface area contributed by atoms with Gasteiger partial charge in [0, 0.05) is 0 Å². The smallest absolute Gasteiger partial charge is 0.164 e. The molecule has 6 heteroatoms. The lowest BCUT2D eigenvalue weighted by molar-refractivity contribution is -0.202. The molecule has 0 aromatic heterocycles. The van der Waals surface area contributed by atoms with Crippen molar-refractivity contribution in [3.8, 4) is 0 Å². The summed E-state index contributed by atoms with van der Waals surface area (Å²) in [5.41, 5.74) is 2.14. The zero-order valence-electron chi connectivity index (χ0n) is 18.4. The Morgan fingerprint density at radius 1 is 0.871 bits per heavy atom. The first-order chi connectivity index (χ1) is 15.1. The lowest BCUT2D eigenvalue weighted by atomic mass is 10.00. The molecule has 4 rings (SSSR count). The first-order valence-electron chi connectivity index (χ1n) is 11.0. The summed E-state index contributed by atoms with van der Waals surface area (Å²) < 4.78 is 31.5. The van der Waals surface area contributed by atoms with Crippen molar-refractivity contribution < 1.29 is 23.7 Å². The third kappa shape index (κ3) is 5.89. The largest absolute Gasteiger partial charge is 0.374 e. The van der Waals surface area contributed by atoms with Gasteiger partial charge < -0.3 is 23.7 Å². The molecular weight excluding hydrogens is 412 g/mol. The van der Waals surface area contributed by atoms with Crippen LogP contribution in [0.15, 0.2) is 60.7 Å². The molecule has 5 nitrogen and oxygen atoms in total. The Labute approximate surface area is 189 Å². The highest BCUT2D eigenvalue weighted by Gasteiger charge is 2.55. The predicted molar refractivity (Wildman–Crippen MR) is 122 cm³/mol. The molecule has 0 bridgehead atoms. The number of fused-ring (bicyclic) bond motifs is 1. The highest BCUT2D eigenvalue weighted by Crippen LogP contribution is 2.42. The maximum absolute atomic E-state index is 6.48. The molecule has 0 unspecified atom stereocenters. The van der Waals surface area contributed by atoms with Crippen molar-refractivity contribution in [2.45, 2.75) is 69.6 Å². The van der Waals surface area contributed by atoms with Crippen LogP contribution >= 0.6 is 11.8 Å². The van der Waals surface area contributed by atoms with Gasteiger partial charge >= 0.3 is 0 Å². The number of benzene rings is 2. The SMILES string of the molecule is CCS[C@H]1O[C@H](COCc2ccccc2)[C@@H](OCc2ccccc2)[C@@H]2OC(C)(C)O[C@@H]21. The van der Waals surface area contributed by atoms with Crippen LogP contribution in [0.5, 0.6) is 0 Å². The summed E-state index contributed by atoms with van der Waals surface area (Å²) in [5.74, 6) is 0.268. The molecule has 0 spiro atoms. The van der Waals surface area contributed by atoms with E-state index in [4.69, 9.17) is 23.7 Å².